The third kappa shape index (κ3) is 2.27. The van der Waals surface area contributed by atoms with Crippen LogP contribution in [0.5, 0.6) is 0 Å². The van der Waals surface area contributed by atoms with Gasteiger partial charge in [-0.3, -0.25) is 4.68 Å². The van der Waals surface area contributed by atoms with Gasteiger partial charge in [0.1, 0.15) is 0 Å². The van der Waals surface area contributed by atoms with Gasteiger partial charge in [-0.1, -0.05) is 0 Å². The van der Waals surface area contributed by atoms with E-state index >= 15 is 0 Å². The number of hydrogen-bond acceptors (Lipinski definition) is 3. The van der Waals surface area contributed by atoms with E-state index in [2.05, 4.69) is 5.10 Å². The van der Waals surface area contributed by atoms with Crippen molar-refractivity contribution >= 4 is 12.6 Å². The van der Waals surface area contributed by atoms with E-state index in [1.165, 1.54) is 0 Å². The van der Waals surface area contributed by atoms with Gasteiger partial charge in [0, 0.05) is 36.7 Å². The van der Waals surface area contributed by atoms with E-state index in [-0.39, 0.29) is 13.0 Å². The fourth-order valence-corrected chi connectivity index (χ4v) is 2.27. The van der Waals surface area contributed by atoms with Crippen molar-refractivity contribution in [3.05, 3.63) is 12.4 Å². The molecule has 7 heteroatoms. The quantitative estimate of drug-likeness (QED) is 0.795. The Hall–Kier alpha value is -0.945. The first kappa shape index (κ1) is 14.0. The molecule has 2 fully saturated rings. The van der Waals surface area contributed by atoms with E-state index in [9.17, 15) is 8.78 Å². The zero-order chi connectivity index (χ0) is 14.8. The topological polar surface area (TPSA) is 36.3 Å². The van der Waals surface area contributed by atoms with Gasteiger partial charge >= 0.3 is 7.12 Å². The first-order chi connectivity index (χ1) is 9.11. The van der Waals surface area contributed by atoms with Gasteiger partial charge < -0.3 is 9.31 Å². The predicted octanol–water partition coefficient (Wildman–Crippen LogP) is 1.84. The molecule has 0 bridgehead atoms. The van der Waals surface area contributed by atoms with Crippen LogP contribution in [0.1, 0.15) is 34.1 Å². The van der Waals surface area contributed by atoms with Crippen LogP contribution in [0.15, 0.2) is 12.4 Å². The molecule has 3 rings (SSSR count). The van der Waals surface area contributed by atoms with Crippen molar-refractivity contribution in [2.45, 2.75) is 57.8 Å². The Labute approximate surface area is 117 Å². The van der Waals surface area contributed by atoms with Crippen LogP contribution in [-0.2, 0) is 15.9 Å². The summed E-state index contributed by atoms with van der Waals surface area (Å²) < 4.78 is 39.2. The highest BCUT2D eigenvalue weighted by molar-refractivity contribution is 6.61. The predicted molar refractivity (Wildman–Crippen MR) is 71.0 cm³/mol. The lowest BCUT2D eigenvalue weighted by Crippen LogP contribution is -2.41. The number of aromatic nitrogens is 2. The van der Waals surface area contributed by atoms with Gasteiger partial charge in [0.2, 0.25) is 0 Å². The molecule has 1 aromatic heterocycles. The van der Waals surface area contributed by atoms with E-state index in [4.69, 9.17) is 9.31 Å². The van der Waals surface area contributed by atoms with Crippen LogP contribution < -0.4 is 5.46 Å². The van der Waals surface area contributed by atoms with Gasteiger partial charge in [0.05, 0.1) is 11.2 Å². The van der Waals surface area contributed by atoms with Crippen molar-refractivity contribution in [3.8, 4) is 0 Å². The SMILES string of the molecule is CC1(C)OB(c2cnn(CC3CC3(F)F)c2)OC1(C)C. The molecule has 0 amide bonds. The number of hydrogen-bond donors (Lipinski definition) is 0. The van der Waals surface area contributed by atoms with Crippen molar-refractivity contribution < 1.29 is 18.1 Å². The molecule has 1 saturated carbocycles. The second-order valence-corrected chi connectivity index (χ2v) is 6.75. The Morgan fingerprint density at radius 2 is 1.85 bits per heavy atom. The molecule has 1 saturated heterocycles. The average molecular weight is 284 g/mol. The molecule has 0 spiro atoms. The third-order valence-electron chi connectivity index (χ3n) is 4.54. The number of nitrogens with zero attached hydrogens (tertiary/aromatic N) is 2. The maximum atomic E-state index is 12.9. The van der Waals surface area contributed by atoms with Crippen LogP contribution in [0.3, 0.4) is 0 Å². The molecule has 0 radical (unpaired) electrons. The lowest BCUT2D eigenvalue weighted by molar-refractivity contribution is 0.00578. The molecule has 1 aromatic rings. The van der Waals surface area contributed by atoms with Gasteiger partial charge in [-0.05, 0) is 27.7 Å². The number of halogens is 2. The Bertz CT molecular complexity index is 514. The fourth-order valence-electron chi connectivity index (χ4n) is 2.27. The van der Waals surface area contributed by atoms with Gasteiger partial charge in [0.25, 0.3) is 5.92 Å². The van der Waals surface area contributed by atoms with Crippen molar-refractivity contribution in [1.82, 2.24) is 9.78 Å². The number of alkyl halides is 2. The molecule has 2 heterocycles. The van der Waals surface area contributed by atoms with E-state index in [1.54, 1.807) is 17.1 Å². The monoisotopic (exact) mass is 284 g/mol. The van der Waals surface area contributed by atoms with E-state index in [0.29, 0.717) is 0 Å². The largest absolute Gasteiger partial charge is 0.498 e. The summed E-state index contributed by atoms with van der Waals surface area (Å²) in [6.07, 6.45) is 3.32. The molecule has 4 nitrogen and oxygen atoms in total. The summed E-state index contributed by atoms with van der Waals surface area (Å²) in [4.78, 5) is 0. The Morgan fingerprint density at radius 3 is 2.35 bits per heavy atom. The molecule has 0 N–H and O–H groups in total. The van der Waals surface area contributed by atoms with Crippen LogP contribution in [0.4, 0.5) is 8.78 Å². The highest BCUT2D eigenvalue weighted by Crippen LogP contribution is 2.49. The summed E-state index contributed by atoms with van der Waals surface area (Å²) >= 11 is 0. The normalized spacial score (nSPS) is 29.7. The Kier molecular flexibility index (Phi) is 2.83. The minimum absolute atomic E-state index is 0.0430. The second-order valence-electron chi connectivity index (χ2n) is 6.75. The summed E-state index contributed by atoms with van der Waals surface area (Å²) in [5.41, 5.74) is -0.0559. The first-order valence-corrected chi connectivity index (χ1v) is 6.86. The van der Waals surface area contributed by atoms with Crippen LogP contribution in [0, 0.1) is 5.92 Å². The summed E-state index contributed by atoms with van der Waals surface area (Å²) in [6, 6.07) is 0. The second kappa shape index (κ2) is 4.04. The maximum absolute atomic E-state index is 12.9. The summed E-state index contributed by atoms with van der Waals surface area (Å²) in [6.45, 7) is 8.14. The molecule has 1 aliphatic carbocycles. The van der Waals surface area contributed by atoms with Gasteiger partial charge in [-0.15, -0.1) is 0 Å². The first-order valence-electron chi connectivity index (χ1n) is 6.86. The zero-order valence-electron chi connectivity index (χ0n) is 12.2. The standard InChI is InChI=1S/C13H19BF2N2O2/c1-11(2)12(3,4)20-14(19-11)10-6-17-18(8-10)7-9-5-13(9,15)16/h6,8-9H,5,7H2,1-4H3. The van der Waals surface area contributed by atoms with E-state index in [1.807, 2.05) is 27.7 Å². The van der Waals surface area contributed by atoms with E-state index < -0.39 is 30.2 Å². The van der Waals surface area contributed by atoms with Crippen LogP contribution >= 0.6 is 0 Å². The zero-order valence-corrected chi connectivity index (χ0v) is 12.2. The average Bonchev–Trinajstić information content (AvgIpc) is 2.67. The molecule has 1 atom stereocenters. The van der Waals surface area contributed by atoms with Crippen LogP contribution in [0.2, 0.25) is 0 Å². The van der Waals surface area contributed by atoms with Crippen molar-refractivity contribution in [2.24, 2.45) is 5.92 Å². The molecular weight excluding hydrogens is 265 g/mol. The lowest BCUT2D eigenvalue weighted by Gasteiger charge is -2.32. The van der Waals surface area contributed by atoms with Gasteiger partial charge in [0.15, 0.2) is 0 Å². The lowest BCUT2D eigenvalue weighted by atomic mass is 9.82. The Balaban J connectivity index is 1.69. The summed E-state index contributed by atoms with van der Waals surface area (Å²) in [7, 11) is -0.492. The smallest absolute Gasteiger partial charge is 0.399 e. The summed E-state index contributed by atoms with van der Waals surface area (Å²) in [5, 5.41) is 4.13. The highest BCUT2D eigenvalue weighted by atomic mass is 19.3. The molecule has 1 aliphatic heterocycles. The maximum Gasteiger partial charge on any atom is 0.498 e. The minimum atomic E-state index is -2.52. The van der Waals surface area contributed by atoms with Crippen molar-refractivity contribution in [1.29, 1.82) is 0 Å². The molecule has 110 valence electrons. The molecular formula is C13H19BF2N2O2. The molecule has 20 heavy (non-hydrogen) atoms. The molecule has 1 unspecified atom stereocenters. The van der Waals surface area contributed by atoms with Crippen LogP contribution in [0.25, 0.3) is 0 Å². The fraction of sp³-hybridized carbons (Fsp3) is 0.769. The van der Waals surface area contributed by atoms with E-state index in [0.717, 1.165) is 5.46 Å². The van der Waals surface area contributed by atoms with Gasteiger partial charge in [-0.25, -0.2) is 8.78 Å². The van der Waals surface area contributed by atoms with Crippen molar-refractivity contribution in [3.63, 3.8) is 0 Å². The highest BCUT2D eigenvalue weighted by Gasteiger charge is 2.57. The van der Waals surface area contributed by atoms with Gasteiger partial charge in [-0.2, -0.15) is 5.10 Å². The minimum Gasteiger partial charge on any atom is -0.399 e. The van der Waals surface area contributed by atoms with Crippen LogP contribution in [-0.4, -0.2) is 34.0 Å². The third-order valence-corrected chi connectivity index (χ3v) is 4.54. The number of rotatable bonds is 3. The molecule has 2 aliphatic rings. The molecule has 0 aromatic carbocycles. The Morgan fingerprint density at radius 1 is 1.30 bits per heavy atom. The summed E-state index contributed by atoms with van der Waals surface area (Å²) in [5.74, 6) is -3.11. The van der Waals surface area contributed by atoms with Crippen molar-refractivity contribution in [2.75, 3.05) is 0 Å².